The average Bonchev–Trinajstić information content (AvgIpc) is 3.19. The summed E-state index contributed by atoms with van der Waals surface area (Å²) in [7, 11) is 1.20. The molecule has 4 rings (SSSR count). The van der Waals surface area contributed by atoms with Gasteiger partial charge in [-0.3, -0.25) is 15.0 Å². The van der Waals surface area contributed by atoms with Gasteiger partial charge in [0.2, 0.25) is 5.91 Å². The Morgan fingerprint density at radius 3 is 2.39 bits per heavy atom. The number of benzene rings is 2. The number of carbonyl (C=O) groups excluding carboxylic acids is 3. The number of carbonyl (C=O) groups is 3. The molecule has 0 unspecified atom stereocenters. The van der Waals surface area contributed by atoms with Crippen molar-refractivity contribution in [2.75, 3.05) is 12.0 Å². The van der Waals surface area contributed by atoms with E-state index in [1.54, 1.807) is 36.4 Å². The number of esters is 1. The van der Waals surface area contributed by atoms with Crippen LogP contribution in [0.1, 0.15) is 11.1 Å². The number of rotatable bonds is 3. The predicted molar refractivity (Wildman–Crippen MR) is 103 cm³/mol. The first-order valence-corrected chi connectivity index (χ1v) is 8.92. The summed E-state index contributed by atoms with van der Waals surface area (Å²) in [5.41, 5.74) is 3.05. The fraction of sp³-hybridized carbons (Fsp3) is 0.200. The van der Waals surface area contributed by atoms with Gasteiger partial charge < -0.3 is 4.74 Å². The van der Waals surface area contributed by atoms with Gasteiger partial charge in [-0.15, -0.1) is 0 Å². The summed E-state index contributed by atoms with van der Waals surface area (Å²) in [6, 6.07) is 13.5. The lowest BCUT2D eigenvalue weighted by atomic mass is 9.78. The molecule has 28 heavy (non-hydrogen) atoms. The molecule has 2 heterocycles. The number of fused-ring (bicyclic) bond motifs is 1. The minimum atomic E-state index is -1.51. The van der Waals surface area contributed by atoms with Crippen LogP contribution in [-0.2, 0) is 24.7 Å². The summed E-state index contributed by atoms with van der Waals surface area (Å²) in [6.45, 7) is 1.92. The number of halogens is 1. The summed E-state index contributed by atoms with van der Waals surface area (Å²) >= 11 is 5.93. The third-order valence-electron chi connectivity index (χ3n) is 5.05. The van der Waals surface area contributed by atoms with Crippen molar-refractivity contribution < 1.29 is 19.1 Å². The molecule has 8 heteroatoms. The molecular formula is C20H16ClN3O4. The van der Waals surface area contributed by atoms with Gasteiger partial charge in [-0.25, -0.2) is 9.69 Å². The van der Waals surface area contributed by atoms with Crippen molar-refractivity contribution in [3.8, 4) is 0 Å². The fourth-order valence-electron chi connectivity index (χ4n) is 3.64. The van der Waals surface area contributed by atoms with E-state index >= 15 is 0 Å². The highest BCUT2D eigenvalue weighted by atomic mass is 35.5. The standard InChI is InChI=1S/C20H16ClN3O4/c1-11-3-5-12(6-4-11)20-15(16(22-23-20)18(26)28-2)17(25)24(19(20)27)14-9-7-13(21)8-10-14/h3-10,15,23H,1-2H3/t15-,20+/m0/s1. The van der Waals surface area contributed by atoms with Crippen molar-refractivity contribution in [2.24, 2.45) is 11.0 Å². The van der Waals surface area contributed by atoms with Gasteiger partial charge in [0.15, 0.2) is 11.3 Å². The molecule has 2 aliphatic rings. The van der Waals surface area contributed by atoms with Crippen LogP contribution in [0.25, 0.3) is 0 Å². The zero-order chi connectivity index (χ0) is 20.1. The number of hydrogen-bond donors (Lipinski definition) is 1. The highest BCUT2D eigenvalue weighted by Gasteiger charge is 2.67. The molecule has 2 aliphatic heterocycles. The smallest absolute Gasteiger partial charge is 0.355 e. The second-order valence-electron chi connectivity index (χ2n) is 6.66. The van der Waals surface area contributed by atoms with Crippen molar-refractivity contribution in [3.05, 3.63) is 64.7 Å². The Morgan fingerprint density at radius 1 is 1.14 bits per heavy atom. The van der Waals surface area contributed by atoms with E-state index in [9.17, 15) is 14.4 Å². The molecule has 0 aromatic heterocycles. The Hall–Kier alpha value is -3.19. The highest BCUT2D eigenvalue weighted by Crippen LogP contribution is 2.45. The normalized spacial score (nSPS) is 23.3. The van der Waals surface area contributed by atoms with E-state index in [1.165, 1.54) is 7.11 Å². The van der Waals surface area contributed by atoms with Gasteiger partial charge >= 0.3 is 5.97 Å². The molecule has 0 aliphatic carbocycles. The summed E-state index contributed by atoms with van der Waals surface area (Å²) in [5, 5.41) is 4.49. The van der Waals surface area contributed by atoms with Crippen molar-refractivity contribution in [1.82, 2.24) is 5.43 Å². The van der Waals surface area contributed by atoms with Crippen LogP contribution >= 0.6 is 11.6 Å². The largest absolute Gasteiger partial charge is 0.464 e. The lowest BCUT2D eigenvalue weighted by Crippen LogP contribution is -2.48. The number of nitrogens with zero attached hydrogens (tertiary/aromatic N) is 2. The summed E-state index contributed by atoms with van der Waals surface area (Å²) in [5.74, 6) is -2.96. The monoisotopic (exact) mass is 397 g/mol. The van der Waals surface area contributed by atoms with E-state index in [0.717, 1.165) is 10.5 Å². The topological polar surface area (TPSA) is 88.1 Å². The van der Waals surface area contributed by atoms with Gasteiger partial charge in [0.1, 0.15) is 5.92 Å². The van der Waals surface area contributed by atoms with E-state index in [-0.39, 0.29) is 5.71 Å². The second-order valence-corrected chi connectivity index (χ2v) is 7.10. The molecule has 1 fully saturated rings. The van der Waals surface area contributed by atoms with Gasteiger partial charge in [0, 0.05) is 5.02 Å². The van der Waals surface area contributed by atoms with Crippen LogP contribution in [-0.4, -0.2) is 30.6 Å². The molecular weight excluding hydrogens is 382 g/mol. The van der Waals surface area contributed by atoms with E-state index in [0.29, 0.717) is 16.3 Å². The Kier molecular flexibility index (Phi) is 4.19. The average molecular weight is 398 g/mol. The molecule has 2 aromatic rings. The summed E-state index contributed by atoms with van der Waals surface area (Å²) < 4.78 is 4.77. The second kappa shape index (κ2) is 6.45. The van der Waals surface area contributed by atoms with Crippen molar-refractivity contribution in [2.45, 2.75) is 12.5 Å². The van der Waals surface area contributed by atoms with Crippen LogP contribution < -0.4 is 10.3 Å². The van der Waals surface area contributed by atoms with Gasteiger partial charge in [-0.2, -0.15) is 5.10 Å². The number of anilines is 1. The van der Waals surface area contributed by atoms with Crippen LogP contribution in [0.4, 0.5) is 5.69 Å². The third kappa shape index (κ3) is 2.43. The predicted octanol–water partition coefficient (Wildman–Crippen LogP) is 2.17. The number of ether oxygens (including phenoxy) is 1. The molecule has 2 amide bonds. The third-order valence-corrected chi connectivity index (χ3v) is 5.31. The maximum absolute atomic E-state index is 13.5. The zero-order valence-corrected chi connectivity index (χ0v) is 15.9. The van der Waals surface area contributed by atoms with Crippen molar-refractivity contribution in [1.29, 1.82) is 0 Å². The molecule has 0 saturated carbocycles. The summed E-state index contributed by atoms with van der Waals surface area (Å²) in [6.07, 6.45) is 0. The zero-order valence-electron chi connectivity index (χ0n) is 15.1. The van der Waals surface area contributed by atoms with E-state index in [2.05, 4.69) is 10.5 Å². The molecule has 0 bridgehead atoms. The summed E-state index contributed by atoms with van der Waals surface area (Å²) in [4.78, 5) is 40.1. The molecule has 7 nitrogen and oxygen atoms in total. The Balaban J connectivity index is 1.88. The minimum Gasteiger partial charge on any atom is -0.464 e. The lowest BCUT2D eigenvalue weighted by Gasteiger charge is -2.26. The molecule has 2 atom stereocenters. The number of amides is 2. The van der Waals surface area contributed by atoms with Crippen LogP contribution in [0.15, 0.2) is 53.6 Å². The first kappa shape index (κ1) is 18.2. The molecule has 0 spiro atoms. The molecule has 142 valence electrons. The maximum Gasteiger partial charge on any atom is 0.355 e. The molecule has 2 aromatic carbocycles. The maximum atomic E-state index is 13.5. The lowest BCUT2D eigenvalue weighted by molar-refractivity contribution is -0.133. The quantitative estimate of drug-likeness (QED) is 0.633. The van der Waals surface area contributed by atoms with Gasteiger partial charge in [-0.05, 0) is 36.8 Å². The minimum absolute atomic E-state index is 0.127. The molecule has 1 saturated heterocycles. The van der Waals surface area contributed by atoms with Crippen molar-refractivity contribution >= 4 is 40.8 Å². The number of nitrogens with one attached hydrogen (secondary N) is 1. The fourth-order valence-corrected chi connectivity index (χ4v) is 3.76. The molecule has 1 N–H and O–H groups in total. The number of methoxy groups -OCH3 is 1. The Labute approximate surface area is 165 Å². The number of hydrogen-bond acceptors (Lipinski definition) is 6. The Bertz CT molecular complexity index is 1020. The molecule has 0 radical (unpaired) electrons. The van der Waals surface area contributed by atoms with Gasteiger partial charge in [0.25, 0.3) is 5.91 Å². The van der Waals surface area contributed by atoms with Crippen LogP contribution in [0.2, 0.25) is 5.02 Å². The number of imide groups is 1. The number of aryl methyl sites for hydroxylation is 1. The van der Waals surface area contributed by atoms with E-state index < -0.39 is 29.2 Å². The number of hydrazone groups is 1. The van der Waals surface area contributed by atoms with Crippen LogP contribution in [0.5, 0.6) is 0 Å². The van der Waals surface area contributed by atoms with Crippen LogP contribution in [0.3, 0.4) is 0 Å². The first-order valence-electron chi connectivity index (χ1n) is 8.54. The van der Waals surface area contributed by atoms with Crippen LogP contribution in [0, 0.1) is 12.8 Å². The SMILES string of the molecule is COC(=O)C1=NN[C@@]2(c3ccc(C)cc3)C(=O)N(c3ccc(Cl)cc3)C(=O)[C@H]12. The van der Waals surface area contributed by atoms with E-state index in [4.69, 9.17) is 16.3 Å². The Morgan fingerprint density at radius 2 is 1.79 bits per heavy atom. The van der Waals surface area contributed by atoms with E-state index in [1.807, 2.05) is 19.1 Å². The van der Waals surface area contributed by atoms with Gasteiger partial charge in [0.05, 0.1) is 12.8 Å². The van der Waals surface area contributed by atoms with Gasteiger partial charge in [-0.1, -0.05) is 41.4 Å². The highest BCUT2D eigenvalue weighted by molar-refractivity contribution is 6.47. The first-order chi connectivity index (χ1) is 13.4. The van der Waals surface area contributed by atoms with Crippen molar-refractivity contribution in [3.63, 3.8) is 0 Å².